The van der Waals surface area contributed by atoms with Crippen molar-refractivity contribution >= 4 is 27.8 Å². The zero-order chi connectivity index (χ0) is 15.6. The molecule has 2 atom stereocenters. The second-order valence-electron chi connectivity index (χ2n) is 5.25. The molecule has 1 amide bonds. The average molecular weight is 358 g/mol. The normalized spacial score (nSPS) is 22.1. The molecular formula is C15H17BrFNO3. The van der Waals surface area contributed by atoms with E-state index in [1.165, 1.54) is 17.0 Å². The summed E-state index contributed by atoms with van der Waals surface area (Å²) in [5, 5.41) is 9.34. The highest BCUT2D eigenvalue weighted by atomic mass is 79.9. The molecule has 4 nitrogen and oxygen atoms in total. The highest BCUT2D eigenvalue weighted by molar-refractivity contribution is 9.10. The van der Waals surface area contributed by atoms with Gasteiger partial charge in [-0.3, -0.25) is 4.79 Å². The molecule has 0 aromatic heterocycles. The molecule has 1 heterocycles. The number of halogens is 2. The summed E-state index contributed by atoms with van der Waals surface area (Å²) >= 11 is 3.04. The largest absolute Gasteiger partial charge is 0.480 e. The van der Waals surface area contributed by atoms with E-state index >= 15 is 0 Å². The number of hydrogen-bond acceptors (Lipinski definition) is 2. The van der Waals surface area contributed by atoms with Crippen molar-refractivity contribution in [2.24, 2.45) is 5.92 Å². The van der Waals surface area contributed by atoms with Crippen LogP contribution in [0.15, 0.2) is 22.7 Å². The van der Waals surface area contributed by atoms with Gasteiger partial charge in [-0.05, 0) is 46.8 Å². The Morgan fingerprint density at radius 2 is 2.19 bits per heavy atom. The zero-order valence-electron chi connectivity index (χ0n) is 11.7. The lowest BCUT2D eigenvalue weighted by Crippen LogP contribution is -2.50. The van der Waals surface area contributed by atoms with Gasteiger partial charge in [-0.25, -0.2) is 9.18 Å². The Morgan fingerprint density at radius 3 is 2.81 bits per heavy atom. The summed E-state index contributed by atoms with van der Waals surface area (Å²) in [7, 11) is 0. The fourth-order valence-electron chi connectivity index (χ4n) is 2.71. The molecule has 1 aromatic rings. The molecule has 1 aromatic carbocycles. The van der Waals surface area contributed by atoms with E-state index in [0.29, 0.717) is 18.9 Å². The van der Waals surface area contributed by atoms with Crippen molar-refractivity contribution in [3.05, 3.63) is 34.1 Å². The van der Waals surface area contributed by atoms with E-state index in [4.69, 9.17) is 0 Å². The molecule has 2 unspecified atom stereocenters. The Labute approximate surface area is 131 Å². The third-order valence-corrected chi connectivity index (χ3v) is 4.63. The average Bonchev–Trinajstić information content (AvgIpc) is 2.48. The van der Waals surface area contributed by atoms with Gasteiger partial charge in [0.05, 0.1) is 10.0 Å². The van der Waals surface area contributed by atoms with Crippen molar-refractivity contribution in [2.75, 3.05) is 6.54 Å². The first-order valence-electron chi connectivity index (χ1n) is 6.93. The zero-order valence-corrected chi connectivity index (χ0v) is 13.3. The highest BCUT2D eigenvalue weighted by Crippen LogP contribution is 2.28. The molecule has 0 spiro atoms. The van der Waals surface area contributed by atoms with Crippen molar-refractivity contribution in [1.82, 2.24) is 4.90 Å². The van der Waals surface area contributed by atoms with Crippen LogP contribution in [0, 0.1) is 11.7 Å². The van der Waals surface area contributed by atoms with E-state index in [-0.39, 0.29) is 10.0 Å². The van der Waals surface area contributed by atoms with Gasteiger partial charge in [-0.1, -0.05) is 19.4 Å². The van der Waals surface area contributed by atoms with E-state index in [2.05, 4.69) is 15.9 Å². The van der Waals surface area contributed by atoms with Gasteiger partial charge in [0.1, 0.15) is 11.9 Å². The minimum absolute atomic E-state index is 0.0921. The molecule has 114 valence electrons. The first-order chi connectivity index (χ1) is 9.95. The number of piperidine rings is 1. The Hall–Kier alpha value is -1.43. The minimum Gasteiger partial charge on any atom is -0.480 e. The minimum atomic E-state index is -1.03. The van der Waals surface area contributed by atoms with E-state index in [1.807, 2.05) is 6.92 Å². The highest BCUT2D eigenvalue weighted by Gasteiger charge is 2.36. The summed E-state index contributed by atoms with van der Waals surface area (Å²) in [6.07, 6.45) is 2.06. The van der Waals surface area contributed by atoms with Crippen LogP contribution >= 0.6 is 15.9 Å². The quantitative estimate of drug-likeness (QED) is 0.902. The summed E-state index contributed by atoms with van der Waals surface area (Å²) in [4.78, 5) is 25.2. The predicted octanol–water partition coefficient (Wildman–Crippen LogP) is 3.30. The van der Waals surface area contributed by atoms with Gasteiger partial charge in [0, 0.05) is 6.54 Å². The van der Waals surface area contributed by atoms with Gasteiger partial charge in [-0.15, -0.1) is 0 Å². The van der Waals surface area contributed by atoms with Crippen LogP contribution in [0.4, 0.5) is 4.39 Å². The van der Waals surface area contributed by atoms with Crippen LogP contribution in [-0.2, 0) is 4.79 Å². The van der Waals surface area contributed by atoms with Crippen LogP contribution in [0.25, 0.3) is 0 Å². The van der Waals surface area contributed by atoms with Crippen LogP contribution in [0.1, 0.15) is 36.5 Å². The predicted molar refractivity (Wildman–Crippen MR) is 79.6 cm³/mol. The van der Waals surface area contributed by atoms with Gasteiger partial charge in [0.25, 0.3) is 5.91 Å². The molecule has 1 N–H and O–H groups in total. The molecule has 0 aliphatic carbocycles. The summed E-state index contributed by atoms with van der Waals surface area (Å²) in [5.41, 5.74) is -0.0921. The molecular weight excluding hydrogens is 341 g/mol. The monoisotopic (exact) mass is 357 g/mol. The standard InChI is InChI=1S/C15H17BrFNO3/c1-2-9-6-7-18(12(8-9)15(20)21)14(19)10-4-3-5-11(16)13(10)17/h3-5,9,12H,2,6-8H2,1H3,(H,20,21). The summed E-state index contributed by atoms with van der Waals surface area (Å²) in [6, 6.07) is 3.57. The van der Waals surface area contributed by atoms with Crippen LogP contribution in [0.2, 0.25) is 0 Å². The Morgan fingerprint density at radius 1 is 1.48 bits per heavy atom. The van der Waals surface area contributed by atoms with E-state index in [0.717, 1.165) is 12.8 Å². The van der Waals surface area contributed by atoms with Gasteiger partial charge in [-0.2, -0.15) is 0 Å². The first kappa shape index (κ1) is 15.9. The van der Waals surface area contributed by atoms with E-state index in [1.54, 1.807) is 6.07 Å². The molecule has 0 radical (unpaired) electrons. The van der Waals surface area contributed by atoms with E-state index < -0.39 is 23.7 Å². The number of carboxylic acids is 1. The number of carbonyl (C=O) groups is 2. The number of benzene rings is 1. The smallest absolute Gasteiger partial charge is 0.326 e. The molecule has 1 aliphatic heterocycles. The van der Waals surface area contributed by atoms with Crippen molar-refractivity contribution in [1.29, 1.82) is 0 Å². The second-order valence-corrected chi connectivity index (χ2v) is 6.11. The number of likely N-dealkylation sites (tertiary alicyclic amines) is 1. The van der Waals surface area contributed by atoms with Crippen LogP contribution < -0.4 is 0 Å². The number of rotatable bonds is 3. The summed E-state index contributed by atoms with van der Waals surface area (Å²) in [6.45, 7) is 2.36. The molecule has 0 saturated carbocycles. The van der Waals surface area contributed by atoms with Crippen molar-refractivity contribution in [3.63, 3.8) is 0 Å². The molecule has 2 rings (SSSR count). The third-order valence-electron chi connectivity index (χ3n) is 4.02. The van der Waals surface area contributed by atoms with Crippen molar-refractivity contribution in [2.45, 2.75) is 32.2 Å². The van der Waals surface area contributed by atoms with Gasteiger partial charge >= 0.3 is 5.97 Å². The molecule has 6 heteroatoms. The van der Waals surface area contributed by atoms with Crippen molar-refractivity contribution in [3.8, 4) is 0 Å². The van der Waals surface area contributed by atoms with Crippen molar-refractivity contribution < 1.29 is 19.1 Å². The molecule has 1 aliphatic rings. The number of nitrogens with zero attached hydrogens (tertiary/aromatic N) is 1. The topological polar surface area (TPSA) is 57.6 Å². The van der Waals surface area contributed by atoms with Gasteiger partial charge in [0.2, 0.25) is 0 Å². The maximum atomic E-state index is 14.0. The summed E-state index contributed by atoms with van der Waals surface area (Å²) < 4.78 is 14.2. The fraction of sp³-hybridized carbons (Fsp3) is 0.467. The lowest BCUT2D eigenvalue weighted by atomic mass is 9.88. The van der Waals surface area contributed by atoms with E-state index in [9.17, 15) is 19.1 Å². The second kappa shape index (κ2) is 6.56. The van der Waals surface area contributed by atoms with Gasteiger partial charge < -0.3 is 10.0 Å². The SMILES string of the molecule is CCC1CCN(C(=O)c2cccc(Br)c2F)C(C(=O)O)C1. The summed E-state index contributed by atoms with van der Waals surface area (Å²) in [5.74, 6) is -1.94. The lowest BCUT2D eigenvalue weighted by Gasteiger charge is -2.37. The maximum Gasteiger partial charge on any atom is 0.326 e. The first-order valence-corrected chi connectivity index (χ1v) is 7.72. The Kier molecular flexibility index (Phi) is 4.98. The number of carbonyl (C=O) groups excluding carboxylic acids is 1. The molecule has 1 saturated heterocycles. The van der Waals surface area contributed by atoms with Crippen LogP contribution in [0.3, 0.4) is 0 Å². The number of hydrogen-bond donors (Lipinski definition) is 1. The molecule has 0 bridgehead atoms. The number of aliphatic carboxylic acids is 1. The molecule has 21 heavy (non-hydrogen) atoms. The lowest BCUT2D eigenvalue weighted by molar-refractivity contribution is -0.144. The number of amides is 1. The Bertz CT molecular complexity index is 564. The molecule has 1 fully saturated rings. The third kappa shape index (κ3) is 3.26. The van der Waals surface area contributed by atoms with Crippen LogP contribution in [-0.4, -0.2) is 34.5 Å². The van der Waals surface area contributed by atoms with Gasteiger partial charge in [0.15, 0.2) is 0 Å². The van der Waals surface area contributed by atoms with Crippen LogP contribution in [0.5, 0.6) is 0 Å². The fourth-order valence-corrected chi connectivity index (χ4v) is 3.08. The number of carboxylic acid groups (broad SMARTS) is 1. The Balaban J connectivity index is 2.28. The maximum absolute atomic E-state index is 14.0.